The molecule has 0 bridgehead atoms. The zero-order chi connectivity index (χ0) is 14.1. The molecule has 4 nitrogen and oxygen atoms in total. The number of aromatic amines is 1. The highest BCUT2D eigenvalue weighted by Crippen LogP contribution is 2.43. The van der Waals surface area contributed by atoms with Crippen LogP contribution >= 0.6 is 0 Å². The highest BCUT2D eigenvalue weighted by atomic mass is 16.5. The van der Waals surface area contributed by atoms with E-state index in [9.17, 15) is 4.79 Å². The lowest BCUT2D eigenvalue weighted by molar-refractivity contribution is -0.145. The van der Waals surface area contributed by atoms with E-state index in [0.29, 0.717) is 5.69 Å². The number of hydrogen-bond acceptors (Lipinski definition) is 2. The van der Waals surface area contributed by atoms with Crippen molar-refractivity contribution in [3.8, 4) is 0 Å². The van der Waals surface area contributed by atoms with Gasteiger partial charge in [0.05, 0.1) is 19.6 Å². The maximum absolute atomic E-state index is 11.9. The van der Waals surface area contributed by atoms with Crippen molar-refractivity contribution in [1.29, 1.82) is 0 Å². The summed E-state index contributed by atoms with van der Waals surface area (Å²) in [6, 6.07) is 5.64. The lowest BCUT2D eigenvalue weighted by Gasteiger charge is -2.17. The normalized spacial score (nSPS) is 21.8. The molecule has 0 saturated heterocycles. The summed E-state index contributed by atoms with van der Waals surface area (Å²) in [5, 5.41) is 1.05. The van der Waals surface area contributed by atoms with Gasteiger partial charge in [0, 0.05) is 11.7 Å². The molecule has 1 saturated carbocycles. The molecule has 20 heavy (non-hydrogen) atoms. The second-order valence-corrected chi connectivity index (χ2v) is 5.25. The number of methoxy groups -OCH3 is 1. The number of carbonyl (C=O) groups excluding carboxylic acids is 1. The molecule has 0 spiro atoms. The summed E-state index contributed by atoms with van der Waals surface area (Å²) in [7, 11) is 1.45. The number of rotatable bonds is 2. The highest BCUT2D eigenvalue weighted by molar-refractivity contribution is 5.88. The topological polar surface area (TPSA) is 46.5 Å². The Bertz CT molecular complexity index is 696. The van der Waals surface area contributed by atoms with Crippen LogP contribution in [0.2, 0.25) is 0 Å². The fourth-order valence-electron chi connectivity index (χ4n) is 3.27. The molecule has 4 heteroatoms. The lowest BCUT2D eigenvalue weighted by atomic mass is 9.88. The van der Waals surface area contributed by atoms with Crippen LogP contribution in [0.3, 0.4) is 0 Å². The van der Waals surface area contributed by atoms with Gasteiger partial charge in [-0.1, -0.05) is 12.5 Å². The maximum Gasteiger partial charge on any atom is 0.309 e. The van der Waals surface area contributed by atoms with Crippen LogP contribution in [-0.4, -0.2) is 18.1 Å². The van der Waals surface area contributed by atoms with Gasteiger partial charge in [0.2, 0.25) is 0 Å². The molecule has 1 aliphatic carbocycles. The predicted octanol–water partition coefficient (Wildman–Crippen LogP) is 3.78. The maximum atomic E-state index is 11.9. The van der Waals surface area contributed by atoms with E-state index in [2.05, 4.69) is 9.83 Å². The van der Waals surface area contributed by atoms with Gasteiger partial charge >= 0.3 is 5.97 Å². The van der Waals surface area contributed by atoms with E-state index in [0.717, 1.165) is 35.7 Å². The minimum atomic E-state index is -0.122. The molecule has 0 amide bonds. The predicted molar refractivity (Wildman–Crippen MR) is 76.7 cm³/mol. The van der Waals surface area contributed by atoms with Crippen molar-refractivity contribution < 1.29 is 9.53 Å². The Labute approximate surface area is 117 Å². The molecule has 1 aromatic carbocycles. The first kappa shape index (κ1) is 12.7. The van der Waals surface area contributed by atoms with Crippen molar-refractivity contribution in [2.24, 2.45) is 5.92 Å². The van der Waals surface area contributed by atoms with Crippen molar-refractivity contribution in [1.82, 2.24) is 4.98 Å². The summed E-state index contributed by atoms with van der Waals surface area (Å²) in [5.74, 6) is 0.0102. The smallest absolute Gasteiger partial charge is 0.309 e. The largest absolute Gasteiger partial charge is 0.469 e. The molecule has 0 radical (unpaired) electrons. The van der Waals surface area contributed by atoms with E-state index in [4.69, 9.17) is 11.3 Å². The molecule has 1 aliphatic rings. The molecule has 2 atom stereocenters. The summed E-state index contributed by atoms with van der Waals surface area (Å²) in [4.78, 5) is 18.6. The van der Waals surface area contributed by atoms with Crippen LogP contribution in [-0.2, 0) is 9.53 Å². The minimum absolute atomic E-state index is 0.0596. The number of aromatic nitrogens is 1. The Kier molecular flexibility index (Phi) is 3.19. The summed E-state index contributed by atoms with van der Waals surface area (Å²) < 4.78 is 4.92. The fraction of sp³-hybridized carbons (Fsp3) is 0.375. The van der Waals surface area contributed by atoms with Crippen molar-refractivity contribution in [3.63, 3.8) is 0 Å². The average Bonchev–Trinajstić information content (AvgIpc) is 3.11. The molecule has 2 aromatic rings. The van der Waals surface area contributed by atoms with Crippen molar-refractivity contribution in [2.75, 3.05) is 7.11 Å². The molecule has 1 fully saturated rings. The standard InChI is InChI=1S/C16H16N2O2/c1-17-10-6-7-15-13(8-10)14(9-18-15)11-4-3-5-12(11)16(19)20-2/h6-9,11-12,18H,3-5H2,2H3. The van der Waals surface area contributed by atoms with Gasteiger partial charge in [-0.3, -0.25) is 4.79 Å². The first-order valence-corrected chi connectivity index (χ1v) is 6.81. The molecule has 2 unspecified atom stereocenters. The van der Waals surface area contributed by atoms with Gasteiger partial charge in [-0.2, -0.15) is 0 Å². The number of esters is 1. The van der Waals surface area contributed by atoms with Gasteiger partial charge in [-0.25, -0.2) is 4.85 Å². The third-order valence-corrected chi connectivity index (χ3v) is 4.25. The third kappa shape index (κ3) is 1.96. The van der Waals surface area contributed by atoms with Crippen molar-refractivity contribution in [2.45, 2.75) is 25.2 Å². The van der Waals surface area contributed by atoms with Crippen LogP contribution in [0.4, 0.5) is 5.69 Å². The van der Waals surface area contributed by atoms with Gasteiger partial charge in [-0.15, -0.1) is 0 Å². The first-order chi connectivity index (χ1) is 9.74. The van der Waals surface area contributed by atoms with Gasteiger partial charge in [-0.05, 0) is 41.8 Å². The first-order valence-electron chi connectivity index (χ1n) is 6.81. The Hall–Kier alpha value is -2.28. The highest BCUT2D eigenvalue weighted by Gasteiger charge is 2.35. The van der Waals surface area contributed by atoms with Crippen LogP contribution in [0.25, 0.3) is 15.7 Å². The number of nitrogens with one attached hydrogen (secondary N) is 1. The van der Waals surface area contributed by atoms with E-state index in [1.807, 2.05) is 24.4 Å². The third-order valence-electron chi connectivity index (χ3n) is 4.25. The van der Waals surface area contributed by atoms with Gasteiger partial charge in [0.1, 0.15) is 0 Å². The second-order valence-electron chi connectivity index (χ2n) is 5.25. The van der Waals surface area contributed by atoms with Gasteiger partial charge in [0.25, 0.3) is 0 Å². The van der Waals surface area contributed by atoms with Gasteiger partial charge < -0.3 is 9.72 Å². The Morgan fingerprint density at radius 2 is 2.30 bits per heavy atom. The molecular weight excluding hydrogens is 252 g/mol. The van der Waals surface area contributed by atoms with E-state index in [-0.39, 0.29) is 17.8 Å². The Morgan fingerprint density at radius 3 is 3.05 bits per heavy atom. The van der Waals surface area contributed by atoms with E-state index in [1.165, 1.54) is 7.11 Å². The van der Waals surface area contributed by atoms with E-state index in [1.54, 1.807) is 0 Å². The molecule has 1 aromatic heterocycles. The fourth-order valence-corrected chi connectivity index (χ4v) is 3.27. The number of carbonyl (C=O) groups is 1. The summed E-state index contributed by atoms with van der Waals surface area (Å²) >= 11 is 0. The SMILES string of the molecule is [C-]#[N+]c1ccc2[nH]cc(C3CCCC3C(=O)OC)c2c1. The second kappa shape index (κ2) is 5.01. The Balaban J connectivity index is 2.05. The number of hydrogen-bond donors (Lipinski definition) is 1. The van der Waals surface area contributed by atoms with Crippen LogP contribution in [0, 0.1) is 12.5 Å². The zero-order valence-corrected chi connectivity index (χ0v) is 11.3. The Morgan fingerprint density at radius 1 is 1.45 bits per heavy atom. The van der Waals surface area contributed by atoms with E-state index < -0.39 is 0 Å². The lowest BCUT2D eigenvalue weighted by Crippen LogP contribution is -2.18. The number of benzene rings is 1. The number of nitrogens with zero attached hydrogens (tertiary/aromatic N) is 1. The van der Waals surface area contributed by atoms with E-state index >= 15 is 0 Å². The molecule has 1 N–H and O–H groups in total. The van der Waals surface area contributed by atoms with Crippen LogP contribution in [0.15, 0.2) is 24.4 Å². The van der Waals surface area contributed by atoms with Crippen LogP contribution in [0.1, 0.15) is 30.7 Å². The summed E-state index contributed by atoms with van der Waals surface area (Å²) in [6.07, 6.45) is 4.89. The molecule has 0 aliphatic heterocycles. The molecule has 1 heterocycles. The summed E-state index contributed by atoms with van der Waals surface area (Å²) in [6.45, 7) is 7.13. The minimum Gasteiger partial charge on any atom is -0.469 e. The zero-order valence-electron chi connectivity index (χ0n) is 11.3. The monoisotopic (exact) mass is 268 g/mol. The van der Waals surface area contributed by atoms with Crippen LogP contribution < -0.4 is 0 Å². The van der Waals surface area contributed by atoms with Crippen molar-refractivity contribution >= 4 is 22.6 Å². The number of fused-ring (bicyclic) bond motifs is 1. The number of ether oxygens (including phenoxy) is 1. The molecular formula is C16H16N2O2. The molecule has 102 valence electrons. The van der Waals surface area contributed by atoms with Crippen molar-refractivity contribution in [3.05, 3.63) is 41.4 Å². The van der Waals surface area contributed by atoms with Crippen LogP contribution in [0.5, 0.6) is 0 Å². The summed E-state index contributed by atoms with van der Waals surface area (Å²) in [5.41, 5.74) is 2.78. The molecule has 3 rings (SSSR count). The average molecular weight is 268 g/mol. The quantitative estimate of drug-likeness (QED) is 0.665. The van der Waals surface area contributed by atoms with Gasteiger partial charge in [0.15, 0.2) is 5.69 Å². The number of H-pyrrole nitrogens is 1.